The summed E-state index contributed by atoms with van der Waals surface area (Å²) in [5, 5.41) is 12.7. The van der Waals surface area contributed by atoms with Gasteiger partial charge < -0.3 is 16.2 Å². The van der Waals surface area contributed by atoms with Gasteiger partial charge in [-0.1, -0.05) is 30.3 Å². The van der Waals surface area contributed by atoms with Gasteiger partial charge in [-0.05, 0) is 49.8 Å². The third-order valence-electron chi connectivity index (χ3n) is 5.08. The van der Waals surface area contributed by atoms with Crippen LogP contribution in [0.1, 0.15) is 31.2 Å². The SMILES string of the molecule is NC1=CCCC(C[C@H]2CN(Cc3ccccc3)C[C@@H]2NCCCO)=N1. The van der Waals surface area contributed by atoms with Gasteiger partial charge in [-0.25, -0.2) is 4.99 Å². The first-order chi connectivity index (χ1) is 12.2. The second-order valence-corrected chi connectivity index (χ2v) is 7.13. The lowest BCUT2D eigenvalue weighted by Crippen LogP contribution is -2.38. The molecular formula is C20H30N4O. The number of nitrogens with one attached hydrogen (secondary N) is 1. The minimum atomic E-state index is 0.242. The Balaban J connectivity index is 1.62. The number of aliphatic hydroxyl groups excluding tert-OH is 1. The molecule has 2 aliphatic heterocycles. The second kappa shape index (κ2) is 9.13. The van der Waals surface area contributed by atoms with Crippen LogP contribution in [0.15, 0.2) is 47.2 Å². The van der Waals surface area contributed by atoms with E-state index in [2.05, 4.69) is 45.5 Å². The van der Waals surface area contributed by atoms with Gasteiger partial charge >= 0.3 is 0 Å². The zero-order valence-corrected chi connectivity index (χ0v) is 14.9. The van der Waals surface area contributed by atoms with Crippen LogP contribution in [0, 0.1) is 5.92 Å². The van der Waals surface area contributed by atoms with Crippen molar-refractivity contribution in [2.75, 3.05) is 26.2 Å². The molecule has 1 fully saturated rings. The van der Waals surface area contributed by atoms with Crippen LogP contribution in [-0.2, 0) is 6.54 Å². The first-order valence-electron chi connectivity index (χ1n) is 9.37. The summed E-state index contributed by atoms with van der Waals surface area (Å²) in [7, 11) is 0. The Labute approximate surface area is 150 Å². The lowest BCUT2D eigenvalue weighted by Gasteiger charge is -2.21. The highest BCUT2D eigenvalue weighted by molar-refractivity contribution is 5.86. The van der Waals surface area contributed by atoms with Crippen LogP contribution in [0.4, 0.5) is 0 Å². The summed E-state index contributed by atoms with van der Waals surface area (Å²) in [6.07, 6.45) is 5.86. The van der Waals surface area contributed by atoms with E-state index >= 15 is 0 Å². The molecule has 0 aliphatic carbocycles. The van der Waals surface area contributed by atoms with Gasteiger partial charge in [0, 0.05) is 38.0 Å². The number of rotatable bonds is 8. The Morgan fingerprint density at radius 2 is 2.08 bits per heavy atom. The predicted molar refractivity (Wildman–Crippen MR) is 102 cm³/mol. The number of benzene rings is 1. The molecule has 0 saturated carbocycles. The summed E-state index contributed by atoms with van der Waals surface area (Å²) in [5.74, 6) is 1.22. The van der Waals surface area contributed by atoms with Gasteiger partial charge in [0.2, 0.25) is 0 Å². The Hall–Kier alpha value is -1.69. The van der Waals surface area contributed by atoms with Crippen molar-refractivity contribution < 1.29 is 5.11 Å². The highest BCUT2D eigenvalue weighted by atomic mass is 16.3. The van der Waals surface area contributed by atoms with E-state index in [0.29, 0.717) is 17.8 Å². The molecule has 3 rings (SSSR count). The minimum Gasteiger partial charge on any atom is -0.396 e. The number of hydrogen-bond acceptors (Lipinski definition) is 5. The maximum atomic E-state index is 9.05. The van der Waals surface area contributed by atoms with Crippen LogP contribution in [0.2, 0.25) is 0 Å². The fraction of sp³-hybridized carbons (Fsp3) is 0.550. The third kappa shape index (κ3) is 5.39. The number of likely N-dealkylation sites (tertiary alicyclic amines) is 1. The molecule has 4 N–H and O–H groups in total. The largest absolute Gasteiger partial charge is 0.396 e. The van der Waals surface area contributed by atoms with E-state index in [1.807, 2.05) is 6.08 Å². The molecule has 0 spiro atoms. The smallest absolute Gasteiger partial charge is 0.119 e. The molecule has 5 heteroatoms. The Bertz CT molecular complexity index is 599. The van der Waals surface area contributed by atoms with Crippen LogP contribution >= 0.6 is 0 Å². The van der Waals surface area contributed by atoms with E-state index in [1.54, 1.807) is 0 Å². The van der Waals surface area contributed by atoms with Crippen LogP contribution in [0.5, 0.6) is 0 Å². The Morgan fingerprint density at radius 3 is 2.84 bits per heavy atom. The molecule has 1 saturated heterocycles. The van der Waals surface area contributed by atoms with Gasteiger partial charge in [0.15, 0.2) is 0 Å². The van der Waals surface area contributed by atoms with Crippen molar-refractivity contribution in [2.24, 2.45) is 16.6 Å². The molecule has 5 nitrogen and oxygen atoms in total. The number of nitrogens with zero attached hydrogens (tertiary/aromatic N) is 2. The first kappa shape index (κ1) is 18.1. The Morgan fingerprint density at radius 1 is 1.24 bits per heavy atom. The molecule has 0 aromatic heterocycles. The zero-order chi connectivity index (χ0) is 17.5. The topological polar surface area (TPSA) is 73.9 Å². The molecule has 0 bridgehead atoms. The van der Waals surface area contributed by atoms with Gasteiger partial charge in [0.25, 0.3) is 0 Å². The van der Waals surface area contributed by atoms with Crippen molar-refractivity contribution in [2.45, 2.75) is 38.3 Å². The number of aliphatic imine (C=N–C) groups is 1. The summed E-state index contributed by atoms with van der Waals surface area (Å²) in [6, 6.07) is 11.1. The zero-order valence-electron chi connectivity index (χ0n) is 14.9. The van der Waals surface area contributed by atoms with E-state index in [0.717, 1.165) is 51.9 Å². The standard InChI is InChI=1S/C20H30N4O/c21-20-9-4-8-18(23-20)12-17-14-24(13-16-6-2-1-3-7-16)15-19(17)22-10-5-11-25/h1-3,6-7,9,17,19,22,25H,4-5,8,10-15,21H2/t17-,19-/m0/s1. The molecule has 2 heterocycles. The van der Waals surface area contributed by atoms with Gasteiger partial charge in [-0.2, -0.15) is 0 Å². The molecular weight excluding hydrogens is 312 g/mol. The molecule has 1 aromatic carbocycles. The van der Waals surface area contributed by atoms with Crippen molar-refractivity contribution in [3.8, 4) is 0 Å². The van der Waals surface area contributed by atoms with E-state index < -0.39 is 0 Å². The van der Waals surface area contributed by atoms with Crippen LogP contribution in [0.3, 0.4) is 0 Å². The molecule has 0 amide bonds. The molecule has 1 aromatic rings. The summed E-state index contributed by atoms with van der Waals surface area (Å²) >= 11 is 0. The maximum absolute atomic E-state index is 9.05. The maximum Gasteiger partial charge on any atom is 0.119 e. The molecule has 0 radical (unpaired) electrons. The normalized spacial score (nSPS) is 24.2. The number of allylic oxidation sites excluding steroid dienone is 1. The fourth-order valence-electron chi connectivity index (χ4n) is 3.86. The average Bonchev–Trinajstić information content (AvgIpc) is 2.97. The van der Waals surface area contributed by atoms with Gasteiger partial charge in [0.1, 0.15) is 5.82 Å². The fourth-order valence-corrected chi connectivity index (χ4v) is 3.86. The molecule has 2 aliphatic rings. The van der Waals surface area contributed by atoms with Gasteiger partial charge in [-0.3, -0.25) is 4.90 Å². The van der Waals surface area contributed by atoms with Crippen molar-refractivity contribution in [1.29, 1.82) is 0 Å². The van der Waals surface area contributed by atoms with E-state index in [9.17, 15) is 0 Å². The first-order valence-corrected chi connectivity index (χ1v) is 9.37. The highest BCUT2D eigenvalue weighted by Crippen LogP contribution is 2.25. The number of aliphatic hydroxyl groups is 1. The molecule has 136 valence electrons. The quantitative estimate of drug-likeness (QED) is 0.631. The van der Waals surface area contributed by atoms with Crippen molar-refractivity contribution in [3.63, 3.8) is 0 Å². The van der Waals surface area contributed by atoms with Crippen molar-refractivity contribution >= 4 is 5.71 Å². The minimum absolute atomic E-state index is 0.242. The van der Waals surface area contributed by atoms with Crippen LogP contribution < -0.4 is 11.1 Å². The number of hydrogen-bond donors (Lipinski definition) is 3. The van der Waals surface area contributed by atoms with Gasteiger partial charge in [0.05, 0.1) is 0 Å². The van der Waals surface area contributed by atoms with E-state index in [-0.39, 0.29) is 6.61 Å². The molecule has 25 heavy (non-hydrogen) atoms. The summed E-state index contributed by atoms with van der Waals surface area (Å²) in [4.78, 5) is 7.08. The third-order valence-corrected chi connectivity index (χ3v) is 5.08. The lowest BCUT2D eigenvalue weighted by atomic mass is 9.94. The van der Waals surface area contributed by atoms with Crippen LogP contribution in [0.25, 0.3) is 0 Å². The average molecular weight is 342 g/mol. The Kier molecular flexibility index (Phi) is 6.62. The van der Waals surface area contributed by atoms with E-state index in [1.165, 1.54) is 11.3 Å². The summed E-state index contributed by atoms with van der Waals surface area (Å²) in [6.45, 7) is 4.22. The summed E-state index contributed by atoms with van der Waals surface area (Å²) < 4.78 is 0. The van der Waals surface area contributed by atoms with Crippen molar-refractivity contribution in [1.82, 2.24) is 10.2 Å². The lowest BCUT2D eigenvalue weighted by molar-refractivity contribution is 0.279. The monoisotopic (exact) mass is 342 g/mol. The highest BCUT2D eigenvalue weighted by Gasteiger charge is 2.33. The van der Waals surface area contributed by atoms with E-state index in [4.69, 9.17) is 10.8 Å². The molecule has 0 unspecified atom stereocenters. The van der Waals surface area contributed by atoms with Crippen LogP contribution in [-0.4, -0.2) is 48.0 Å². The molecule has 2 atom stereocenters. The predicted octanol–water partition coefficient (Wildman–Crippen LogP) is 1.88. The number of nitrogens with two attached hydrogens (primary N) is 1. The van der Waals surface area contributed by atoms with Crippen molar-refractivity contribution in [3.05, 3.63) is 47.8 Å². The summed E-state index contributed by atoms with van der Waals surface area (Å²) in [5.41, 5.74) is 8.48. The second-order valence-electron chi connectivity index (χ2n) is 7.13. The van der Waals surface area contributed by atoms with Gasteiger partial charge in [-0.15, -0.1) is 0 Å².